The molecule has 18 heavy (non-hydrogen) atoms. The SMILES string of the molecule is CC(C)(C)C1CCN(c2ccnc(C(N)=S)c2)C1. The molecule has 1 aliphatic rings. The fourth-order valence-corrected chi connectivity index (χ4v) is 2.56. The summed E-state index contributed by atoms with van der Waals surface area (Å²) in [6.07, 6.45) is 3.03. The molecule has 0 radical (unpaired) electrons. The highest BCUT2D eigenvalue weighted by molar-refractivity contribution is 7.80. The molecule has 1 fully saturated rings. The van der Waals surface area contributed by atoms with Gasteiger partial charge in [0, 0.05) is 25.0 Å². The molecule has 0 aliphatic carbocycles. The number of aromatic nitrogens is 1. The number of thiocarbonyl (C=S) groups is 1. The van der Waals surface area contributed by atoms with Gasteiger partial charge in [0.15, 0.2) is 0 Å². The highest BCUT2D eigenvalue weighted by Gasteiger charge is 2.31. The summed E-state index contributed by atoms with van der Waals surface area (Å²) in [5, 5.41) is 0. The van der Waals surface area contributed by atoms with E-state index in [-0.39, 0.29) is 0 Å². The van der Waals surface area contributed by atoms with Crippen molar-refractivity contribution in [3.05, 3.63) is 24.0 Å². The Hall–Kier alpha value is -1.16. The van der Waals surface area contributed by atoms with Crippen LogP contribution in [0.3, 0.4) is 0 Å². The van der Waals surface area contributed by atoms with Gasteiger partial charge < -0.3 is 10.6 Å². The zero-order chi connectivity index (χ0) is 13.3. The summed E-state index contributed by atoms with van der Waals surface area (Å²) in [5.74, 6) is 0.735. The lowest BCUT2D eigenvalue weighted by molar-refractivity contribution is 0.263. The maximum atomic E-state index is 5.63. The quantitative estimate of drug-likeness (QED) is 0.833. The van der Waals surface area contributed by atoms with E-state index in [1.807, 2.05) is 12.1 Å². The molecule has 2 heterocycles. The standard InChI is InChI=1S/C14H21N3S/c1-14(2,3)10-5-7-17(9-10)11-4-6-16-12(8-11)13(15)18/h4,6,8,10H,5,7,9H2,1-3H3,(H2,15,18). The van der Waals surface area contributed by atoms with Crippen LogP contribution in [0.15, 0.2) is 18.3 Å². The highest BCUT2D eigenvalue weighted by atomic mass is 32.1. The van der Waals surface area contributed by atoms with Crippen LogP contribution < -0.4 is 10.6 Å². The van der Waals surface area contributed by atoms with Crippen LogP contribution in [0.25, 0.3) is 0 Å². The third-order valence-electron chi connectivity index (χ3n) is 3.77. The average Bonchev–Trinajstić information content (AvgIpc) is 2.78. The Morgan fingerprint density at radius 1 is 1.50 bits per heavy atom. The van der Waals surface area contributed by atoms with Crippen LogP contribution in [0, 0.1) is 11.3 Å². The first-order valence-electron chi connectivity index (χ1n) is 6.39. The van der Waals surface area contributed by atoms with Crippen LogP contribution in [-0.2, 0) is 0 Å². The molecule has 1 saturated heterocycles. The molecule has 2 N–H and O–H groups in total. The predicted molar refractivity (Wildman–Crippen MR) is 79.9 cm³/mol. The Kier molecular flexibility index (Phi) is 3.57. The number of rotatable bonds is 2. The summed E-state index contributed by atoms with van der Waals surface area (Å²) < 4.78 is 0. The molecule has 0 amide bonds. The molecule has 1 aromatic heterocycles. The fraction of sp³-hybridized carbons (Fsp3) is 0.571. The van der Waals surface area contributed by atoms with Crippen LogP contribution in [0.4, 0.5) is 5.69 Å². The maximum Gasteiger partial charge on any atom is 0.122 e. The van der Waals surface area contributed by atoms with E-state index in [2.05, 4.69) is 30.7 Å². The van der Waals surface area contributed by atoms with E-state index >= 15 is 0 Å². The van der Waals surface area contributed by atoms with Gasteiger partial charge in [0.25, 0.3) is 0 Å². The number of nitrogens with zero attached hydrogens (tertiary/aromatic N) is 2. The molecule has 1 atom stereocenters. The largest absolute Gasteiger partial charge is 0.388 e. The van der Waals surface area contributed by atoms with Crippen molar-refractivity contribution in [2.75, 3.05) is 18.0 Å². The highest BCUT2D eigenvalue weighted by Crippen LogP contribution is 2.35. The van der Waals surface area contributed by atoms with Gasteiger partial charge in [0.05, 0.1) is 5.69 Å². The molecule has 0 bridgehead atoms. The molecule has 0 saturated carbocycles. The molecule has 1 aromatic rings. The second kappa shape index (κ2) is 4.84. The monoisotopic (exact) mass is 263 g/mol. The number of hydrogen-bond acceptors (Lipinski definition) is 3. The predicted octanol–water partition coefficient (Wildman–Crippen LogP) is 2.59. The number of nitrogens with two attached hydrogens (primary N) is 1. The van der Waals surface area contributed by atoms with Crippen LogP contribution in [-0.4, -0.2) is 23.1 Å². The van der Waals surface area contributed by atoms with E-state index in [4.69, 9.17) is 18.0 Å². The van der Waals surface area contributed by atoms with Gasteiger partial charge in [-0.3, -0.25) is 4.98 Å². The summed E-state index contributed by atoms with van der Waals surface area (Å²) in [6, 6.07) is 4.03. The number of anilines is 1. The van der Waals surface area contributed by atoms with E-state index < -0.39 is 0 Å². The molecule has 0 aromatic carbocycles. The fourth-order valence-electron chi connectivity index (χ4n) is 2.45. The normalized spacial score (nSPS) is 20.2. The van der Waals surface area contributed by atoms with Gasteiger partial charge in [-0.25, -0.2) is 0 Å². The van der Waals surface area contributed by atoms with E-state index in [1.54, 1.807) is 6.20 Å². The van der Waals surface area contributed by atoms with Gasteiger partial charge in [-0.2, -0.15) is 0 Å². The second-order valence-corrected chi connectivity index (χ2v) is 6.50. The van der Waals surface area contributed by atoms with Crippen LogP contribution in [0.2, 0.25) is 0 Å². The summed E-state index contributed by atoms with van der Waals surface area (Å²) in [6.45, 7) is 9.14. The first-order chi connectivity index (χ1) is 8.38. The van der Waals surface area contributed by atoms with Gasteiger partial charge >= 0.3 is 0 Å². The Morgan fingerprint density at radius 3 is 2.78 bits per heavy atom. The Labute approximate surface area is 114 Å². The van der Waals surface area contributed by atoms with Crippen molar-refractivity contribution in [1.82, 2.24) is 4.98 Å². The molecular formula is C14H21N3S. The van der Waals surface area contributed by atoms with Crippen molar-refractivity contribution in [2.24, 2.45) is 17.1 Å². The summed E-state index contributed by atoms with van der Waals surface area (Å²) in [4.78, 5) is 6.95. The summed E-state index contributed by atoms with van der Waals surface area (Å²) >= 11 is 4.98. The van der Waals surface area contributed by atoms with E-state index in [0.717, 1.165) is 19.0 Å². The van der Waals surface area contributed by atoms with Gasteiger partial charge in [0.2, 0.25) is 0 Å². The molecule has 98 valence electrons. The number of pyridine rings is 1. The zero-order valence-corrected chi connectivity index (χ0v) is 12.1. The summed E-state index contributed by atoms with van der Waals surface area (Å²) in [5.41, 5.74) is 7.89. The molecule has 1 unspecified atom stereocenters. The van der Waals surface area contributed by atoms with Crippen LogP contribution >= 0.6 is 12.2 Å². The lowest BCUT2D eigenvalue weighted by atomic mass is 9.80. The number of hydrogen-bond donors (Lipinski definition) is 1. The zero-order valence-electron chi connectivity index (χ0n) is 11.3. The Bertz CT molecular complexity index is 451. The van der Waals surface area contributed by atoms with Crippen LogP contribution in [0.5, 0.6) is 0 Å². The molecule has 2 rings (SSSR count). The molecule has 4 heteroatoms. The van der Waals surface area contributed by atoms with Gasteiger partial charge in [-0.05, 0) is 29.9 Å². The first-order valence-corrected chi connectivity index (χ1v) is 6.79. The van der Waals surface area contributed by atoms with Crippen molar-refractivity contribution < 1.29 is 0 Å². The van der Waals surface area contributed by atoms with Gasteiger partial charge in [-0.1, -0.05) is 33.0 Å². The topological polar surface area (TPSA) is 42.2 Å². The lowest BCUT2D eigenvalue weighted by Crippen LogP contribution is -2.26. The maximum absolute atomic E-state index is 5.63. The van der Waals surface area contributed by atoms with Gasteiger partial charge in [0.1, 0.15) is 4.99 Å². The third-order valence-corrected chi connectivity index (χ3v) is 3.98. The minimum Gasteiger partial charge on any atom is -0.388 e. The van der Waals surface area contributed by atoms with E-state index in [1.165, 1.54) is 12.1 Å². The Morgan fingerprint density at radius 2 is 2.22 bits per heavy atom. The minimum atomic E-state index is 0.364. The van der Waals surface area contributed by atoms with Crippen molar-refractivity contribution in [1.29, 1.82) is 0 Å². The second-order valence-electron chi connectivity index (χ2n) is 6.06. The molecule has 0 spiro atoms. The Balaban J connectivity index is 2.14. The smallest absolute Gasteiger partial charge is 0.122 e. The molecule has 1 aliphatic heterocycles. The van der Waals surface area contributed by atoms with Crippen molar-refractivity contribution >= 4 is 22.9 Å². The summed E-state index contributed by atoms with van der Waals surface area (Å²) in [7, 11) is 0. The average molecular weight is 263 g/mol. The molecular weight excluding hydrogens is 242 g/mol. The first kappa shape index (κ1) is 13.3. The van der Waals surface area contributed by atoms with Crippen molar-refractivity contribution in [3.8, 4) is 0 Å². The lowest BCUT2D eigenvalue weighted by Gasteiger charge is -2.27. The van der Waals surface area contributed by atoms with Crippen molar-refractivity contribution in [2.45, 2.75) is 27.2 Å². The van der Waals surface area contributed by atoms with E-state index in [0.29, 0.717) is 16.1 Å². The van der Waals surface area contributed by atoms with E-state index in [9.17, 15) is 0 Å². The third kappa shape index (κ3) is 2.80. The molecule has 3 nitrogen and oxygen atoms in total. The van der Waals surface area contributed by atoms with Crippen molar-refractivity contribution in [3.63, 3.8) is 0 Å². The van der Waals surface area contributed by atoms with Gasteiger partial charge in [-0.15, -0.1) is 0 Å². The van der Waals surface area contributed by atoms with Crippen LogP contribution in [0.1, 0.15) is 32.9 Å². The minimum absolute atomic E-state index is 0.364.